The number of hydrogen-bond acceptors (Lipinski definition) is 1. The molecule has 0 unspecified atom stereocenters. The van der Waals surface area contributed by atoms with Crippen LogP contribution in [0.5, 0.6) is 0 Å². The van der Waals surface area contributed by atoms with Crippen molar-refractivity contribution >= 4 is 17.8 Å². The van der Waals surface area contributed by atoms with Crippen molar-refractivity contribution in [3.8, 4) is 0 Å². The topological polar surface area (TPSA) is 17.1 Å². The van der Waals surface area contributed by atoms with E-state index in [0.29, 0.717) is 17.8 Å². The van der Waals surface area contributed by atoms with Crippen LogP contribution in [-0.4, -0.2) is 0 Å². The number of benzene rings is 2. The largest absolute Gasteiger partial charge is 0.309 e. The number of hydrogen-bond donors (Lipinski definition) is 0. The summed E-state index contributed by atoms with van der Waals surface area (Å²) in [4.78, 5) is 0. The first-order valence-corrected chi connectivity index (χ1v) is 13.3. The Kier molecular flexibility index (Phi) is 4.94. The minimum absolute atomic E-state index is 0.249. The lowest BCUT2D eigenvalue weighted by Gasteiger charge is -2.35. The van der Waals surface area contributed by atoms with Crippen molar-refractivity contribution in [3.63, 3.8) is 0 Å². The van der Waals surface area contributed by atoms with Gasteiger partial charge in [-0.1, -0.05) is 93.1 Å². The first-order valence-electron chi connectivity index (χ1n) is 11.6. The lowest BCUT2D eigenvalue weighted by atomic mass is 9.76. The maximum absolute atomic E-state index is 15.3. The van der Waals surface area contributed by atoms with Gasteiger partial charge in [0.25, 0.3) is 0 Å². The first kappa shape index (κ1) is 20.1. The van der Waals surface area contributed by atoms with Crippen molar-refractivity contribution in [3.05, 3.63) is 83.2 Å². The Balaban J connectivity index is 1.78. The second-order valence-electron chi connectivity index (χ2n) is 10.5. The summed E-state index contributed by atoms with van der Waals surface area (Å²) in [5, 5.41) is 3.22. The van der Waals surface area contributed by atoms with Gasteiger partial charge in [0, 0.05) is 15.9 Å². The van der Waals surface area contributed by atoms with Crippen LogP contribution >= 0.6 is 7.14 Å². The molecule has 3 aliphatic carbocycles. The molecule has 0 radical (unpaired) electrons. The molecule has 0 N–H and O–H groups in total. The number of fused-ring (bicyclic) bond motifs is 2. The standard InChI is InChI=1S/C28H33OP/c1-28(2,3)22-18-21-17-20-11-10-16-25(20)27(26(21)19-22)30(29,23-12-6-4-7-13-23)24-14-8-5-9-15-24/h4-9,12-15,19-22H,10-11,16-18H2,1-3H3/t20-,21+,22+/m0/s1. The van der Waals surface area contributed by atoms with Crippen LogP contribution < -0.4 is 10.6 Å². The number of rotatable bonds is 3. The zero-order valence-corrected chi connectivity index (χ0v) is 19.4. The van der Waals surface area contributed by atoms with Crippen LogP contribution in [0.15, 0.2) is 83.2 Å². The average Bonchev–Trinajstić information content (AvgIpc) is 3.39. The third-order valence-corrected chi connectivity index (χ3v) is 10.9. The summed E-state index contributed by atoms with van der Waals surface area (Å²) < 4.78 is 15.3. The van der Waals surface area contributed by atoms with Crippen molar-refractivity contribution in [2.45, 2.75) is 52.9 Å². The fraction of sp³-hybridized carbons (Fsp3) is 0.429. The fourth-order valence-electron chi connectivity index (χ4n) is 6.04. The summed E-state index contributed by atoms with van der Waals surface area (Å²) >= 11 is 0. The Morgan fingerprint density at radius 2 is 1.43 bits per heavy atom. The zero-order valence-electron chi connectivity index (χ0n) is 18.5. The highest BCUT2D eigenvalue weighted by atomic mass is 31.2. The van der Waals surface area contributed by atoms with Crippen molar-refractivity contribution in [1.82, 2.24) is 0 Å². The lowest BCUT2D eigenvalue weighted by Crippen LogP contribution is -2.25. The van der Waals surface area contributed by atoms with E-state index < -0.39 is 7.14 Å². The smallest absolute Gasteiger partial charge is 0.171 e. The van der Waals surface area contributed by atoms with Gasteiger partial charge in [-0.3, -0.25) is 0 Å². The quantitative estimate of drug-likeness (QED) is 0.489. The third kappa shape index (κ3) is 3.18. The molecule has 0 spiro atoms. The van der Waals surface area contributed by atoms with E-state index in [-0.39, 0.29) is 5.41 Å². The number of allylic oxidation sites excluding steroid dienone is 4. The predicted octanol–water partition coefficient (Wildman–Crippen LogP) is 7.07. The van der Waals surface area contributed by atoms with Crippen molar-refractivity contribution in [2.24, 2.45) is 23.2 Å². The van der Waals surface area contributed by atoms with Crippen molar-refractivity contribution < 1.29 is 4.57 Å². The molecule has 2 aromatic carbocycles. The molecule has 0 heterocycles. The lowest BCUT2D eigenvalue weighted by molar-refractivity contribution is 0.262. The highest BCUT2D eigenvalue weighted by Gasteiger charge is 2.47. The fourth-order valence-corrected chi connectivity index (χ4v) is 9.36. The van der Waals surface area contributed by atoms with Gasteiger partial charge in [0.2, 0.25) is 0 Å². The van der Waals surface area contributed by atoms with Crippen LogP contribution in [0.2, 0.25) is 0 Å². The van der Waals surface area contributed by atoms with Crippen LogP contribution in [0, 0.1) is 23.2 Å². The molecule has 1 nitrogen and oxygen atoms in total. The van der Waals surface area contributed by atoms with Crippen molar-refractivity contribution in [1.29, 1.82) is 0 Å². The monoisotopic (exact) mass is 416 g/mol. The summed E-state index contributed by atoms with van der Waals surface area (Å²) in [6.45, 7) is 7.06. The van der Waals surface area contributed by atoms with E-state index in [0.717, 1.165) is 17.0 Å². The first-order chi connectivity index (χ1) is 14.4. The summed E-state index contributed by atoms with van der Waals surface area (Å²) in [6, 6.07) is 20.6. The molecular formula is C28H33OP. The molecule has 156 valence electrons. The van der Waals surface area contributed by atoms with Crippen LogP contribution in [0.1, 0.15) is 52.9 Å². The molecule has 3 aliphatic rings. The van der Waals surface area contributed by atoms with Gasteiger partial charge in [-0.05, 0) is 60.8 Å². The Hall–Kier alpha value is -1.85. The molecule has 5 rings (SSSR count). The van der Waals surface area contributed by atoms with E-state index in [9.17, 15) is 0 Å². The summed E-state index contributed by atoms with van der Waals surface area (Å²) in [7, 11) is -2.91. The normalized spacial score (nSPS) is 26.4. The van der Waals surface area contributed by atoms with Gasteiger partial charge in [-0.15, -0.1) is 0 Å². The Morgan fingerprint density at radius 3 is 2.00 bits per heavy atom. The molecule has 1 saturated carbocycles. The highest BCUT2D eigenvalue weighted by molar-refractivity contribution is 7.82. The maximum Gasteiger partial charge on any atom is 0.171 e. The van der Waals surface area contributed by atoms with Gasteiger partial charge in [0.1, 0.15) is 0 Å². The molecule has 0 saturated heterocycles. The second kappa shape index (κ2) is 7.38. The van der Waals surface area contributed by atoms with Gasteiger partial charge >= 0.3 is 0 Å². The molecule has 0 aliphatic heterocycles. The summed E-state index contributed by atoms with van der Waals surface area (Å²) in [5.74, 6) is 1.75. The van der Waals surface area contributed by atoms with E-state index in [1.807, 2.05) is 36.4 Å². The van der Waals surface area contributed by atoms with Crippen LogP contribution in [-0.2, 0) is 4.57 Å². The molecule has 0 amide bonds. The maximum atomic E-state index is 15.3. The summed E-state index contributed by atoms with van der Waals surface area (Å²) in [5.41, 5.74) is 3.20. The van der Waals surface area contributed by atoms with Gasteiger partial charge in [0.15, 0.2) is 7.14 Å². The van der Waals surface area contributed by atoms with Crippen molar-refractivity contribution in [2.75, 3.05) is 0 Å². The second-order valence-corrected chi connectivity index (χ2v) is 13.2. The Morgan fingerprint density at radius 1 is 0.833 bits per heavy atom. The molecule has 2 aromatic rings. The summed E-state index contributed by atoms with van der Waals surface area (Å²) in [6.07, 6.45) is 8.65. The van der Waals surface area contributed by atoms with Gasteiger partial charge < -0.3 is 4.57 Å². The van der Waals surface area contributed by atoms with E-state index in [4.69, 9.17) is 0 Å². The molecular weight excluding hydrogens is 383 g/mol. The molecule has 2 heteroatoms. The van der Waals surface area contributed by atoms with E-state index >= 15 is 4.57 Å². The van der Waals surface area contributed by atoms with E-state index in [1.165, 1.54) is 42.1 Å². The molecule has 30 heavy (non-hydrogen) atoms. The van der Waals surface area contributed by atoms with E-state index in [1.54, 1.807) is 0 Å². The van der Waals surface area contributed by atoms with Crippen LogP contribution in [0.4, 0.5) is 0 Å². The SMILES string of the molecule is CC(C)(C)[C@H]1C=C2C(P(=O)(c3ccccc3)c3ccccc3)=C3CCC[C@H]3C[C@@H]2C1. The van der Waals surface area contributed by atoms with E-state index in [2.05, 4.69) is 51.1 Å². The molecule has 1 fully saturated rings. The van der Waals surface area contributed by atoms with Crippen LogP contribution in [0.3, 0.4) is 0 Å². The van der Waals surface area contributed by atoms with Gasteiger partial charge in [-0.25, -0.2) is 0 Å². The van der Waals surface area contributed by atoms with Gasteiger partial charge in [0.05, 0.1) is 0 Å². The van der Waals surface area contributed by atoms with Crippen LogP contribution in [0.25, 0.3) is 0 Å². The average molecular weight is 417 g/mol. The predicted molar refractivity (Wildman–Crippen MR) is 128 cm³/mol. The third-order valence-electron chi connectivity index (χ3n) is 7.66. The minimum atomic E-state index is -2.91. The van der Waals surface area contributed by atoms with Gasteiger partial charge in [-0.2, -0.15) is 0 Å². The Labute approximate surface area is 181 Å². The highest BCUT2D eigenvalue weighted by Crippen LogP contribution is 2.65. The molecule has 3 atom stereocenters. The molecule has 0 aromatic heterocycles. The molecule has 0 bridgehead atoms. The Bertz CT molecular complexity index is 996. The zero-order chi connectivity index (χ0) is 20.9. The minimum Gasteiger partial charge on any atom is -0.309 e.